The zero-order chi connectivity index (χ0) is 29.8. The molecule has 3 aromatic carbocycles. The van der Waals surface area contributed by atoms with Crippen LogP contribution in [0.25, 0.3) is 11.8 Å². The number of esters is 1. The van der Waals surface area contributed by atoms with E-state index in [0.29, 0.717) is 37.7 Å². The lowest BCUT2D eigenvalue weighted by molar-refractivity contribution is -0.138. The first-order chi connectivity index (χ1) is 20.4. The van der Waals surface area contributed by atoms with E-state index >= 15 is 0 Å². The number of rotatable bonds is 9. The fraction of sp³-hybridized carbons (Fsp3) is 0.242. The molecule has 42 heavy (non-hydrogen) atoms. The van der Waals surface area contributed by atoms with Gasteiger partial charge in [0.25, 0.3) is 5.56 Å². The van der Waals surface area contributed by atoms with Gasteiger partial charge in [0, 0.05) is 16.0 Å². The molecule has 7 nitrogen and oxygen atoms in total. The topological polar surface area (TPSA) is 79.1 Å². The molecule has 1 aromatic heterocycles. The van der Waals surface area contributed by atoms with Crippen molar-refractivity contribution in [1.29, 1.82) is 0 Å². The van der Waals surface area contributed by atoms with Crippen molar-refractivity contribution < 1.29 is 19.0 Å². The van der Waals surface area contributed by atoms with Gasteiger partial charge in [0.1, 0.15) is 0 Å². The quantitative estimate of drug-likeness (QED) is 0.188. The number of fused-ring (bicyclic) bond motifs is 1. The van der Waals surface area contributed by atoms with Crippen molar-refractivity contribution >= 4 is 40.8 Å². The Balaban J connectivity index is 1.81. The highest BCUT2D eigenvalue weighted by Crippen LogP contribution is 2.36. The van der Waals surface area contributed by atoms with Crippen molar-refractivity contribution in [1.82, 2.24) is 4.57 Å². The second kappa shape index (κ2) is 12.8. The van der Waals surface area contributed by atoms with Crippen LogP contribution in [0.15, 0.2) is 93.1 Å². The zero-order valence-corrected chi connectivity index (χ0v) is 25.8. The maximum Gasteiger partial charge on any atom is 0.338 e. The second-order valence-electron chi connectivity index (χ2n) is 9.75. The van der Waals surface area contributed by atoms with Gasteiger partial charge in [0.2, 0.25) is 0 Å². The monoisotopic (exact) mass is 600 g/mol. The number of nitrogens with zero attached hydrogens (tertiary/aromatic N) is 2. The van der Waals surface area contributed by atoms with Crippen LogP contribution in [0.3, 0.4) is 0 Å². The molecular formula is C33H32N2O5S2. The molecule has 0 unspecified atom stereocenters. The molecule has 0 saturated carbocycles. The molecule has 1 atom stereocenters. The van der Waals surface area contributed by atoms with Crippen LogP contribution in [0.2, 0.25) is 0 Å². The maximum atomic E-state index is 14.2. The summed E-state index contributed by atoms with van der Waals surface area (Å²) in [5, 5.41) is 0. The minimum atomic E-state index is -0.731. The summed E-state index contributed by atoms with van der Waals surface area (Å²) in [6, 6.07) is 22.3. The summed E-state index contributed by atoms with van der Waals surface area (Å²) in [7, 11) is 1.59. The third-order valence-corrected chi connectivity index (χ3v) is 8.40. The third kappa shape index (κ3) is 5.80. The number of hydrogen-bond donors (Lipinski definition) is 0. The average molecular weight is 601 g/mol. The Morgan fingerprint density at radius 3 is 2.45 bits per heavy atom. The molecule has 0 radical (unpaired) electrons. The van der Waals surface area contributed by atoms with Crippen LogP contribution in [0.1, 0.15) is 43.5 Å². The summed E-state index contributed by atoms with van der Waals surface area (Å²) < 4.78 is 19.3. The fourth-order valence-electron chi connectivity index (χ4n) is 4.85. The van der Waals surface area contributed by atoms with E-state index < -0.39 is 12.0 Å². The SMILES string of the molecule is CCOC(=O)C1=C(c2ccccc2)N=c2s/c(=C\c3cccc(OC)c3OC(C)C)c(=O)n2[C@H]1c1ccc(SC)cc1. The van der Waals surface area contributed by atoms with Crippen LogP contribution in [0, 0.1) is 0 Å². The van der Waals surface area contributed by atoms with Crippen molar-refractivity contribution in [2.75, 3.05) is 20.0 Å². The van der Waals surface area contributed by atoms with Gasteiger partial charge >= 0.3 is 5.97 Å². The van der Waals surface area contributed by atoms with Gasteiger partial charge in [0.15, 0.2) is 16.3 Å². The first-order valence-corrected chi connectivity index (χ1v) is 15.7. The van der Waals surface area contributed by atoms with Crippen LogP contribution in [-0.4, -0.2) is 36.6 Å². The average Bonchev–Trinajstić information content (AvgIpc) is 3.31. The Kier molecular flexibility index (Phi) is 8.99. The van der Waals surface area contributed by atoms with E-state index in [1.54, 1.807) is 36.4 Å². The lowest BCUT2D eigenvalue weighted by atomic mass is 9.93. The number of carbonyl (C=O) groups is 1. The van der Waals surface area contributed by atoms with Crippen molar-refractivity contribution in [3.8, 4) is 11.5 Å². The summed E-state index contributed by atoms with van der Waals surface area (Å²) in [5.41, 5.74) is 2.82. The number of thioether (sulfide) groups is 1. The number of para-hydroxylation sites is 1. The third-order valence-electron chi connectivity index (χ3n) is 6.67. The molecule has 0 fully saturated rings. The fourth-order valence-corrected chi connectivity index (χ4v) is 6.25. The molecule has 0 amide bonds. The smallest absolute Gasteiger partial charge is 0.338 e. The van der Waals surface area contributed by atoms with Gasteiger partial charge in [-0.1, -0.05) is 65.9 Å². The minimum absolute atomic E-state index is 0.0977. The predicted molar refractivity (Wildman–Crippen MR) is 168 cm³/mol. The molecule has 0 bridgehead atoms. The highest BCUT2D eigenvalue weighted by atomic mass is 32.2. The Morgan fingerprint density at radius 1 is 1.07 bits per heavy atom. The lowest BCUT2D eigenvalue weighted by Gasteiger charge is -2.26. The number of aromatic nitrogens is 1. The van der Waals surface area contributed by atoms with Crippen LogP contribution in [0.4, 0.5) is 0 Å². The van der Waals surface area contributed by atoms with Crippen molar-refractivity contribution in [2.24, 2.45) is 4.99 Å². The van der Waals surface area contributed by atoms with Gasteiger partial charge < -0.3 is 14.2 Å². The van der Waals surface area contributed by atoms with Gasteiger partial charge in [-0.25, -0.2) is 9.79 Å². The molecule has 0 spiro atoms. The summed E-state index contributed by atoms with van der Waals surface area (Å²) in [6.45, 7) is 5.84. The number of benzene rings is 3. The van der Waals surface area contributed by atoms with E-state index in [4.69, 9.17) is 19.2 Å². The molecular weight excluding hydrogens is 569 g/mol. The molecule has 1 aliphatic heterocycles. The molecule has 4 aromatic rings. The van der Waals surface area contributed by atoms with E-state index in [2.05, 4.69) is 0 Å². The van der Waals surface area contributed by atoms with Gasteiger partial charge in [0.05, 0.1) is 41.7 Å². The number of ether oxygens (including phenoxy) is 3. The van der Waals surface area contributed by atoms with Crippen LogP contribution in [-0.2, 0) is 9.53 Å². The second-order valence-corrected chi connectivity index (χ2v) is 11.6. The summed E-state index contributed by atoms with van der Waals surface area (Å²) in [6.07, 6.45) is 3.71. The number of methoxy groups -OCH3 is 1. The molecule has 216 valence electrons. The minimum Gasteiger partial charge on any atom is -0.493 e. The Morgan fingerprint density at radius 2 is 1.81 bits per heavy atom. The zero-order valence-electron chi connectivity index (χ0n) is 24.1. The first kappa shape index (κ1) is 29.4. The predicted octanol–water partition coefficient (Wildman–Crippen LogP) is 5.45. The van der Waals surface area contributed by atoms with E-state index in [-0.39, 0.29) is 18.3 Å². The number of hydrogen-bond acceptors (Lipinski definition) is 8. The Labute approximate surface area is 252 Å². The normalized spacial score (nSPS) is 14.9. The highest BCUT2D eigenvalue weighted by Gasteiger charge is 2.35. The first-order valence-electron chi connectivity index (χ1n) is 13.6. The van der Waals surface area contributed by atoms with E-state index in [1.165, 1.54) is 11.3 Å². The van der Waals surface area contributed by atoms with Crippen LogP contribution < -0.4 is 24.4 Å². The van der Waals surface area contributed by atoms with Crippen LogP contribution in [0.5, 0.6) is 11.5 Å². The molecule has 5 rings (SSSR count). The molecule has 2 heterocycles. The molecule has 9 heteroatoms. The van der Waals surface area contributed by atoms with E-state index in [0.717, 1.165) is 16.0 Å². The molecule has 0 N–H and O–H groups in total. The summed E-state index contributed by atoms with van der Waals surface area (Å²) in [4.78, 5) is 34.3. The Bertz CT molecular complexity index is 1810. The molecule has 0 saturated heterocycles. The number of carbonyl (C=O) groups excluding carboxylic acids is 1. The Hall–Kier alpha value is -4.08. The number of thiazole rings is 1. The van der Waals surface area contributed by atoms with Gasteiger partial charge in [-0.05, 0) is 56.9 Å². The van der Waals surface area contributed by atoms with Gasteiger partial charge in [-0.2, -0.15) is 0 Å². The van der Waals surface area contributed by atoms with E-state index in [1.807, 2.05) is 92.9 Å². The van der Waals surface area contributed by atoms with Crippen molar-refractivity contribution in [3.05, 3.63) is 115 Å². The largest absolute Gasteiger partial charge is 0.493 e. The van der Waals surface area contributed by atoms with Crippen LogP contribution >= 0.6 is 23.1 Å². The van der Waals surface area contributed by atoms with Crippen molar-refractivity contribution in [2.45, 2.75) is 37.8 Å². The van der Waals surface area contributed by atoms with Gasteiger partial charge in [-0.15, -0.1) is 11.8 Å². The highest BCUT2D eigenvalue weighted by molar-refractivity contribution is 7.98. The van der Waals surface area contributed by atoms with E-state index in [9.17, 15) is 9.59 Å². The molecule has 0 aliphatic carbocycles. The summed E-state index contributed by atoms with van der Waals surface area (Å²) >= 11 is 2.89. The van der Waals surface area contributed by atoms with Gasteiger partial charge in [-0.3, -0.25) is 9.36 Å². The molecule has 1 aliphatic rings. The van der Waals surface area contributed by atoms with Crippen molar-refractivity contribution in [3.63, 3.8) is 0 Å². The standard InChI is InChI=1S/C33H32N2O5S2/c1-6-39-32(37)27-28(21-11-8-7-9-12-21)34-33-35(29(27)22-15-17-24(41-5)18-16-22)31(36)26(42-33)19-23-13-10-14-25(38-4)30(23)40-20(2)3/h7-20,29H,6H2,1-5H3/b26-19-/t29-/m0/s1. The summed E-state index contributed by atoms with van der Waals surface area (Å²) in [5.74, 6) is 0.629. The lowest BCUT2D eigenvalue weighted by Crippen LogP contribution is -2.40. The maximum absolute atomic E-state index is 14.2.